The number of benzene rings is 2. The van der Waals surface area contributed by atoms with E-state index in [0.717, 1.165) is 6.07 Å². The number of carbonyl (C=O) groups is 2. The molecule has 2 N–H and O–H groups in total. The predicted molar refractivity (Wildman–Crippen MR) is 104 cm³/mol. The second-order valence-electron chi connectivity index (χ2n) is 6.95. The molecule has 0 aliphatic rings. The molecule has 0 atom stereocenters. The van der Waals surface area contributed by atoms with Crippen LogP contribution in [0.15, 0.2) is 36.4 Å². The normalized spacial score (nSPS) is 11.0. The van der Waals surface area contributed by atoms with Crippen LogP contribution in [0, 0.1) is 5.82 Å². The molecular formula is C20H21ClFNO5. The van der Waals surface area contributed by atoms with E-state index in [2.05, 4.69) is 5.32 Å². The first-order chi connectivity index (χ1) is 13.0. The number of nitrogens with one attached hydrogen (secondary N) is 1. The zero-order chi connectivity index (χ0) is 20.9. The zero-order valence-corrected chi connectivity index (χ0v) is 16.5. The largest absolute Gasteiger partial charge is 0.492 e. The molecule has 0 spiro atoms. The van der Waals surface area contributed by atoms with Gasteiger partial charge in [-0.2, -0.15) is 0 Å². The molecule has 0 aliphatic carbocycles. The van der Waals surface area contributed by atoms with Crippen LogP contribution in [-0.2, 0) is 4.74 Å². The van der Waals surface area contributed by atoms with Crippen LogP contribution < -0.4 is 10.1 Å². The number of ether oxygens (including phenoxy) is 2. The fourth-order valence-corrected chi connectivity index (χ4v) is 2.48. The third kappa shape index (κ3) is 6.42. The minimum Gasteiger partial charge on any atom is -0.492 e. The summed E-state index contributed by atoms with van der Waals surface area (Å²) in [5.74, 6) is -1.52. The van der Waals surface area contributed by atoms with Crippen molar-refractivity contribution >= 4 is 23.7 Å². The Morgan fingerprint density at radius 2 is 1.89 bits per heavy atom. The van der Waals surface area contributed by atoms with Gasteiger partial charge in [0.1, 0.15) is 23.8 Å². The summed E-state index contributed by atoms with van der Waals surface area (Å²) in [4.78, 5) is 23.0. The first-order valence-electron chi connectivity index (χ1n) is 8.48. The molecule has 0 fully saturated rings. The van der Waals surface area contributed by atoms with Crippen LogP contribution in [-0.4, -0.2) is 35.9 Å². The second kappa shape index (κ2) is 8.93. The number of hydrogen-bond acceptors (Lipinski definition) is 4. The van der Waals surface area contributed by atoms with Crippen LogP contribution in [0.3, 0.4) is 0 Å². The van der Waals surface area contributed by atoms with Crippen LogP contribution in [0.1, 0.15) is 31.1 Å². The Morgan fingerprint density at radius 1 is 1.18 bits per heavy atom. The third-order valence-corrected chi connectivity index (χ3v) is 3.67. The molecule has 6 nitrogen and oxygen atoms in total. The summed E-state index contributed by atoms with van der Waals surface area (Å²) in [5, 5.41) is 12.1. The van der Waals surface area contributed by atoms with Gasteiger partial charge in [0.25, 0.3) is 0 Å². The standard InChI is InChI=1S/C20H21ClFNO5/c1-20(2,3)28-19(26)23-6-7-27-15-9-12(8-13(10-15)18(24)25)16-5-4-14(21)11-17(16)22/h4-5,8-11H,6-7H2,1-3H3,(H,23,26)(H,24,25). The zero-order valence-electron chi connectivity index (χ0n) is 15.7. The lowest BCUT2D eigenvalue weighted by atomic mass is 10.0. The van der Waals surface area contributed by atoms with Gasteiger partial charge in [-0.15, -0.1) is 0 Å². The number of amides is 1. The molecule has 0 aliphatic heterocycles. The van der Waals surface area contributed by atoms with Gasteiger partial charge >= 0.3 is 12.1 Å². The number of rotatable bonds is 6. The Labute approximate surface area is 167 Å². The van der Waals surface area contributed by atoms with Gasteiger partial charge < -0.3 is 19.9 Å². The summed E-state index contributed by atoms with van der Waals surface area (Å²) in [6, 6.07) is 8.32. The number of carboxylic acids is 1. The van der Waals surface area contributed by atoms with E-state index >= 15 is 0 Å². The summed E-state index contributed by atoms with van der Waals surface area (Å²) >= 11 is 5.76. The Morgan fingerprint density at radius 3 is 2.50 bits per heavy atom. The highest BCUT2D eigenvalue weighted by Gasteiger charge is 2.16. The van der Waals surface area contributed by atoms with Crippen molar-refractivity contribution in [2.75, 3.05) is 13.2 Å². The molecule has 0 unspecified atom stereocenters. The fraction of sp³-hybridized carbons (Fsp3) is 0.300. The van der Waals surface area contributed by atoms with Crippen LogP contribution in [0.2, 0.25) is 5.02 Å². The first-order valence-corrected chi connectivity index (χ1v) is 8.86. The molecular weight excluding hydrogens is 389 g/mol. The van der Waals surface area contributed by atoms with Gasteiger partial charge in [0.05, 0.1) is 12.1 Å². The molecule has 0 radical (unpaired) electrons. The lowest BCUT2D eigenvalue weighted by molar-refractivity contribution is 0.0520. The molecule has 0 heterocycles. The lowest BCUT2D eigenvalue weighted by Gasteiger charge is -2.19. The summed E-state index contributed by atoms with van der Waals surface area (Å²) in [6.07, 6.45) is -0.584. The van der Waals surface area contributed by atoms with Gasteiger partial charge in [0.15, 0.2) is 0 Å². The quantitative estimate of drug-likeness (QED) is 0.672. The van der Waals surface area contributed by atoms with Crippen molar-refractivity contribution in [1.29, 1.82) is 0 Å². The van der Waals surface area contributed by atoms with Crippen molar-refractivity contribution in [3.05, 3.63) is 52.8 Å². The van der Waals surface area contributed by atoms with Crippen LogP contribution >= 0.6 is 11.6 Å². The summed E-state index contributed by atoms with van der Waals surface area (Å²) in [7, 11) is 0. The molecule has 2 rings (SSSR count). The fourth-order valence-electron chi connectivity index (χ4n) is 2.32. The number of aromatic carboxylic acids is 1. The van der Waals surface area contributed by atoms with Gasteiger partial charge in [0, 0.05) is 10.6 Å². The smallest absolute Gasteiger partial charge is 0.407 e. The van der Waals surface area contributed by atoms with E-state index in [-0.39, 0.29) is 35.1 Å². The maximum absolute atomic E-state index is 14.2. The average molecular weight is 410 g/mol. The van der Waals surface area contributed by atoms with Crippen molar-refractivity contribution in [2.45, 2.75) is 26.4 Å². The van der Waals surface area contributed by atoms with Crippen molar-refractivity contribution in [1.82, 2.24) is 5.32 Å². The van der Waals surface area contributed by atoms with Gasteiger partial charge in [-0.3, -0.25) is 0 Å². The van der Waals surface area contributed by atoms with E-state index in [1.54, 1.807) is 20.8 Å². The van der Waals surface area contributed by atoms with E-state index in [4.69, 9.17) is 21.1 Å². The lowest BCUT2D eigenvalue weighted by Crippen LogP contribution is -2.34. The van der Waals surface area contributed by atoms with Crippen molar-refractivity contribution < 1.29 is 28.6 Å². The molecule has 0 saturated heterocycles. The molecule has 2 aromatic carbocycles. The maximum Gasteiger partial charge on any atom is 0.407 e. The van der Waals surface area contributed by atoms with Crippen LogP contribution in [0.4, 0.5) is 9.18 Å². The summed E-state index contributed by atoms with van der Waals surface area (Å²) in [6.45, 7) is 5.47. The van der Waals surface area contributed by atoms with Crippen molar-refractivity contribution in [3.8, 4) is 16.9 Å². The highest BCUT2D eigenvalue weighted by atomic mass is 35.5. The van der Waals surface area contributed by atoms with Gasteiger partial charge in [-0.1, -0.05) is 11.6 Å². The Hall–Kier alpha value is -2.80. The van der Waals surface area contributed by atoms with Crippen molar-refractivity contribution in [3.63, 3.8) is 0 Å². The second-order valence-corrected chi connectivity index (χ2v) is 7.39. The third-order valence-electron chi connectivity index (χ3n) is 3.43. The number of carboxylic acid groups (broad SMARTS) is 1. The highest BCUT2D eigenvalue weighted by molar-refractivity contribution is 6.30. The molecule has 0 saturated carbocycles. The topological polar surface area (TPSA) is 84.9 Å². The maximum atomic E-state index is 14.2. The van der Waals surface area contributed by atoms with E-state index < -0.39 is 23.5 Å². The molecule has 28 heavy (non-hydrogen) atoms. The van der Waals surface area contributed by atoms with Crippen LogP contribution in [0.25, 0.3) is 11.1 Å². The van der Waals surface area contributed by atoms with Crippen LogP contribution in [0.5, 0.6) is 5.75 Å². The van der Waals surface area contributed by atoms with Gasteiger partial charge in [-0.05, 0) is 62.7 Å². The minimum atomic E-state index is -1.17. The number of carbonyl (C=O) groups excluding carboxylic acids is 1. The molecule has 2 aromatic rings. The van der Waals surface area contributed by atoms with E-state index in [1.165, 1.54) is 30.3 Å². The van der Waals surface area contributed by atoms with E-state index in [9.17, 15) is 19.1 Å². The SMILES string of the molecule is CC(C)(C)OC(=O)NCCOc1cc(C(=O)O)cc(-c2ccc(Cl)cc2F)c1. The minimum absolute atomic E-state index is 0.0537. The molecule has 1 amide bonds. The number of alkyl carbamates (subject to hydrolysis) is 1. The first kappa shape index (κ1) is 21.5. The number of halogens is 2. The summed E-state index contributed by atoms with van der Waals surface area (Å²) in [5.41, 5.74) is -0.131. The predicted octanol–water partition coefficient (Wildman–Crippen LogP) is 4.75. The Balaban J connectivity index is 2.11. The average Bonchev–Trinajstić information content (AvgIpc) is 2.57. The molecule has 0 aromatic heterocycles. The van der Waals surface area contributed by atoms with Gasteiger partial charge in [0.2, 0.25) is 0 Å². The highest BCUT2D eigenvalue weighted by Crippen LogP contribution is 2.29. The van der Waals surface area contributed by atoms with E-state index in [0.29, 0.717) is 5.56 Å². The summed E-state index contributed by atoms with van der Waals surface area (Å²) < 4.78 is 24.8. The molecule has 8 heteroatoms. The van der Waals surface area contributed by atoms with Crippen molar-refractivity contribution in [2.24, 2.45) is 0 Å². The molecule has 150 valence electrons. The Bertz CT molecular complexity index is 879. The Kier molecular flexibility index (Phi) is 6.85. The number of hydrogen-bond donors (Lipinski definition) is 2. The monoisotopic (exact) mass is 409 g/mol. The van der Waals surface area contributed by atoms with E-state index in [1.807, 2.05) is 0 Å². The molecule has 0 bridgehead atoms. The van der Waals surface area contributed by atoms with Gasteiger partial charge in [-0.25, -0.2) is 14.0 Å².